The van der Waals surface area contributed by atoms with Crippen molar-refractivity contribution in [1.29, 1.82) is 0 Å². The Morgan fingerprint density at radius 1 is 1.43 bits per heavy atom. The van der Waals surface area contributed by atoms with Crippen LogP contribution >= 0.6 is 15.9 Å². The zero-order chi connectivity index (χ0) is 16.2. The van der Waals surface area contributed by atoms with Crippen LogP contribution in [0.25, 0.3) is 0 Å². The predicted octanol–water partition coefficient (Wildman–Crippen LogP) is 2.53. The summed E-state index contributed by atoms with van der Waals surface area (Å²) < 4.78 is 19.2. The van der Waals surface area contributed by atoms with E-state index in [-0.39, 0.29) is 23.6 Å². The average molecular weight is 383 g/mol. The molecule has 1 aromatic carbocycles. The highest BCUT2D eigenvalue weighted by Crippen LogP contribution is 2.22. The van der Waals surface area contributed by atoms with Crippen LogP contribution in [-0.2, 0) is 11.3 Å². The topological polar surface area (TPSA) is 71.1 Å². The zero-order valence-corrected chi connectivity index (χ0v) is 13.9. The molecular formula is C15H16BrFN4O2. The molecule has 1 aliphatic rings. The van der Waals surface area contributed by atoms with Gasteiger partial charge in [0.05, 0.1) is 4.47 Å². The summed E-state index contributed by atoms with van der Waals surface area (Å²) in [4.78, 5) is 18.4. The first-order chi connectivity index (χ1) is 11.1. The van der Waals surface area contributed by atoms with Gasteiger partial charge in [-0.3, -0.25) is 9.89 Å². The molecule has 0 bridgehead atoms. The van der Waals surface area contributed by atoms with Gasteiger partial charge in [0.15, 0.2) is 0 Å². The van der Waals surface area contributed by atoms with E-state index in [0.717, 1.165) is 18.4 Å². The van der Waals surface area contributed by atoms with Gasteiger partial charge in [-0.05, 0) is 46.5 Å². The van der Waals surface area contributed by atoms with Gasteiger partial charge in [0.2, 0.25) is 5.82 Å². The molecule has 1 amide bonds. The Hall–Kier alpha value is -1.80. The third-order valence-electron chi connectivity index (χ3n) is 3.84. The number of hydrogen-bond acceptors (Lipinski definition) is 4. The fourth-order valence-electron chi connectivity index (χ4n) is 2.64. The molecule has 0 atom stereocenters. The number of carbonyl (C=O) groups is 1. The molecule has 1 saturated heterocycles. The molecule has 0 spiro atoms. The summed E-state index contributed by atoms with van der Waals surface area (Å²) in [6, 6.07) is 4.81. The average Bonchev–Trinajstić information content (AvgIpc) is 3.10. The third-order valence-corrected chi connectivity index (χ3v) is 4.44. The van der Waals surface area contributed by atoms with Gasteiger partial charge in [-0.1, -0.05) is 6.07 Å². The van der Waals surface area contributed by atoms with Crippen LogP contribution in [0.3, 0.4) is 0 Å². The summed E-state index contributed by atoms with van der Waals surface area (Å²) >= 11 is 3.18. The number of halogens is 2. The molecule has 0 unspecified atom stereocenters. The van der Waals surface area contributed by atoms with E-state index in [1.165, 1.54) is 12.4 Å². The third kappa shape index (κ3) is 3.76. The summed E-state index contributed by atoms with van der Waals surface area (Å²) in [6.07, 6.45) is 2.90. The van der Waals surface area contributed by atoms with Crippen molar-refractivity contribution in [2.75, 3.05) is 13.2 Å². The molecule has 0 aliphatic carbocycles. The van der Waals surface area contributed by atoms with E-state index in [0.29, 0.717) is 24.2 Å². The molecular weight excluding hydrogens is 367 g/mol. The van der Waals surface area contributed by atoms with E-state index in [1.807, 2.05) is 0 Å². The fourth-order valence-corrected chi connectivity index (χ4v) is 3.06. The van der Waals surface area contributed by atoms with E-state index in [2.05, 4.69) is 31.1 Å². The maximum absolute atomic E-state index is 13.4. The number of carbonyl (C=O) groups excluding carboxylic acids is 1. The number of amides is 1. The van der Waals surface area contributed by atoms with Gasteiger partial charge in [-0.25, -0.2) is 9.37 Å². The summed E-state index contributed by atoms with van der Waals surface area (Å²) in [5, 5.41) is 6.44. The van der Waals surface area contributed by atoms with Crippen LogP contribution in [0.15, 0.2) is 29.0 Å². The number of ether oxygens (including phenoxy) is 1. The van der Waals surface area contributed by atoms with Crippen LogP contribution in [0.1, 0.15) is 29.0 Å². The highest BCUT2D eigenvalue weighted by molar-refractivity contribution is 9.10. The SMILES string of the molecule is O=C(c1nc[nH]n1)N(Cc1ccc(F)c(Br)c1)C1CCOCC1. The van der Waals surface area contributed by atoms with Crippen molar-refractivity contribution in [1.82, 2.24) is 20.1 Å². The maximum atomic E-state index is 13.4. The number of nitrogens with one attached hydrogen (secondary N) is 1. The van der Waals surface area contributed by atoms with Crippen LogP contribution in [0, 0.1) is 5.82 Å². The van der Waals surface area contributed by atoms with Crippen molar-refractivity contribution < 1.29 is 13.9 Å². The molecule has 2 aromatic rings. The van der Waals surface area contributed by atoms with Crippen molar-refractivity contribution in [2.24, 2.45) is 0 Å². The van der Waals surface area contributed by atoms with Crippen LogP contribution < -0.4 is 0 Å². The number of hydrogen-bond donors (Lipinski definition) is 1. The maximum Gasteiger partial charge on any atom is 0.294 e. The minimum atomic E-state index is -0.327. The van der Waals surface area contributed by atoms with Crippen molar-refractivity contribution >= 4 is 21.8 Å². The van der Waals surface area contributed by atoms with Gasteiger partial charge in [0.25, 0.3) is 5.91 Å². The Balaban J connectivity index is 1.84. The monoisotopic (exact) mass is 382 g/mol. The summed E-state index contributed by atoms with van der Waals surface area (Å²) in [6.45, 7) is 1.61. The molecule has 1 aliphatic heterocycles. The molecule has 122 valence electrons. The molecule has 3 rings (SSSR count). The first-order valence-corrected chi connectivity index (χ1v) is 8.13. The van der Waals surface area contributed by atoms with Gasteiger partial charge in [-0.2, -0.15) is 0 Å². The lowest BCUT2D eigenvalue weighted by Crippen LogP contribution is -2.43. The Kier molecular flexibility index (Phi) is 5.02. The summed E-state index contributed by atoms with van der Waals surface area (Å²) in [7, 11) is 0. The molecule has 2 heterocycles. The van der Waals surface area contributed by atoms with Crippen molar-refractivity contribution in [3.05, 3.63) is 46.2 Å². The highest BCUT2D eigenvalue weighted by atomic mass is 79.9. The number of aromatic nitrogens is 3. The van der Waals surface area contributed by atoms with Gasteiger partial charge in [0, 0.05) is 25.8 Å². The lowest BCUT2D eigenvalue weighted by molar-refractivity contribution is 0.0260. The standard InChI is InChI=1S/C15H16BrFN4O2/c16-12-7-10(1-2-13(12)17)8-21(11-3-5-23-6-4-11)15(22)14-18-9-19-20-14/h1-2,7,9,11H,3-6,8H2,(H,18,19,20). The minimum Gasteiger partial charge on any atom is -0.381 e. The number of nitrogens with zero attached hydrogens (tertiary/aromatic N) is 3. The van der Waals surface area contributed by atoms with E-state index >= 15 is 0 Å². The van der Waals surface area contributed by atoms with E-state index in [4.69, 9.17) is 4.74 Å². The smallest absolute Gasteiger partial charge is 0.294 e. The van der Waals surface area contributed by atoms with Gasteiger partial charge in [0.1, 0.15) is 12.1 Å². The summed E-state index contributed by atoms with van der Waals surface area (Å²) in [5.41, 5.74) is 0.841. The van der Waals surface area contributed by atoms with Crippen LogP contribution in [0.4, 0.5) is 4.39 Å². The van der Waals surface area contributed by atoms with Gasteiger partial charge < -0.3 is 9.64 Å². The Morgan fingerprint density at radius 2 is 2.22 bits per heavy atom. The Labute approximate surface area is 141 Å². The molecule has 0 saturated carbocycles. The second-order valence-corrected chi connectivity index (χ2v) is 6.20. The lowest BCUT2D eigenvalue weighted by Gasteiger charge is -2.33. The highest BCUT2D eigenvalue weighted by Gasteiger charge is 2.28. The Morgan fingerprint density at radius 3 is 2.87 bits per heavy atom. The van der Waals surface area contributed by atoms with Crippen LogP contribution in [-0.4, -0.2) is 45.2 Å². The first kappa shape index (κ1) is 16.1. The predicted molar refractivity (Wildman–Crippen MR) is 84.2 cm³/mol. The largest absolute Gasteiger partial charge is 0.381 e. The number of H-pyrrole nitrogens is 1. The molecule has 1 N–H and O–H groups in total. The molecule has 0 radical (unpaired) electrons. The van der Waals surface area contributed by atoms with E-state index in [1.54, 1.807) is 17.0 Å². The minimum absolute atomic E-state index is 0.0542. The van der Waals surface area contributed by atoms with E-state index in [9.17, 15) is 9.18 Å². The molecule has 1 aromatic heterocycles. The zero-order valence-electron chi connectivity index (χ0n) is 12.3. The molecule has 1 fully saturated rings. The second-order valence-electron chi connectivity index (χ2n) is 5.35. The van der Waals surface area contributed by atoms with Crippen LogP contribution in [0.5, 0.6) is 0 Å². The van der Waals surface area contributed by atoms with E-state index < -0.39 is 0 Å². The molecule has 8 heteroatoms. The molecule has 23 heavy (non-hydrogen) atoms. The normalized spacial score (nSPS) is 15.6. The number of rotatable bonds is 4. The summed E-state index contributed by atoms with van der Waals surface area (Å²) in [5.74, 6) is -0.428. The molecule has 6 nitrogen and oxygen atoms in total. The van der Waals surface area contributed by atoms with Crippen LogP contribution in [0.2, 0.25) is 0 Å². The fraction of sp³-hybridized carbons (Fsp3) is 0.400. The van der Waals surface area contributed by atoms with Gasteiger partial charge >= 0.3 is 0 Å². The van der Waals surface area contributed by atoms with Crippen molar-refractivity contribution in [2.45, 2.75) is 25.4 Å². The number of aromatic amines is 1. The van der Waals surface area contributed by atoms with Gasteiger partial charge in [-0.15, -0.1) is 5.10 Å². The van der Waals surface area contributed by atoms with Crippen molar-refractivity contribution in [3.8, 4) is 0 Å². The van der Waals surface area contributed by atoms with Crippen molar-refractivity contribution in [3.63, 3.8) is 0 Å². The first-order valence-electron chi connectivity index (χ1n) is 7.33. The Bertz CT molecular complexity index is 674. The lowest BCUT2D eigenvalue weighted by atomic mass is 10.1. The quantitative estimate of drug-likeness (QED) is 0.881. The number of benzene rings is 1. The second kappa shape index (κ2) is 7.18.